The summed E-state index contributed by atoms with van der Waals surface area (Å²) in [5, 5.41) is 1.13. The maximum absolute atomic E-state index is 12.5. The van der Waals surface area contributed by atoms with Crippen LogP contribution >= 0.6 is 22.7 Å². The molecule has 2 aromatic rings. The van der Waals surface area contributed by atoms with E-state index in [9.17, 15) is 13.2 Å². The minimum absolute atomic E-state index is 0.135. The van der Waals surface area contributed by atoms with Gasteiger partial charge in [0.2, 0.25) is 0 Å². The topological polar surface area (TPSA) is 51.8 Å². The molecule has 0 aliphatic carbocycles. The van der Waals surface area contributed by atoms with Crippen LogP contribution in [0.3, 0.4) is 0 Å². The van der Waals surface area contributed by atoms with E-state index in [-0.39, 0.29) is 9.88 Å². The molecule has 0 fully saturated rings. The van der Waals surface area contributed by atoms with Crippen LogP contribution < -0.4 is 5.73 Å². The number of halogens is 3. The minimum Gasteiger partial charge on any atom is -0.389 e. The Hall–Kier alpha value is -1.15. The summed E-state index contributed by atoms with van der Waals surface area (Å²) in [7, 11) is 0. The van der Waals surface area contributed by atoms with Crippen LogP contribution in [0.5, 0.6) is 0 Å². The van der Waals surface area contributed by atoms with Gasteiger partial charge in [-0.25, -0.2) is 9.97 Å². The number of hydrogen-bond donors (Lipinski definition) is 1. The summed E-state index contributed by atoms with van der Waals surface area (Å²) in [5.74, 6) is 0. The molecule has 3 nitrogen and oxygen atoms in total. The molecular formula is C8H6F3N3S2. The number of aromatic nitrogens is 2. The number of hydrogen-bond acceptors (Lipinski definition) is 5. The molecule has 0 amide bonds. The molecule has 2 N–H and O–H groups in total. The molecular weight excluding hydrogens is 259 g/mol. The summed E-state index contributed by atoms with van der Waals surface area (Å²) in [5.41, 5.74) is 4.61. The van der Waals surface area contributed by atoms with E-state index in [1.807, 2.05) is 0 Å². The molecule has 0 saturated heterocycles. The lowest BCUT2D eigenvalue weighted by atomic mass is 10.4. The molecule has 2 rings (SSSR count). The molecule has 0 saturated carbocycles. The van der Waals surface area contributed by atoms with Crippen molar-refractivity contribution >= 4 is 27.7 Å². The summed E-state index contributed by atoms with van der Waals surface area (Å²) in [6.45, 7) is 1.39. The van der Waals surface area contributed by atoms with E-state index in [2.05, 4.69) is 9.97 Å². The Morgan fingerprint density at radius 2 is 1.94 bits per heavy atom. The van der Waals surface area contributed by atoms with Gasteiger partial charge in [-0.05, 0) is 6.92 Å². The van der Waals surface area contributed by atoms with E-state index in [1.54, 1.807) is 0 Å². The van der Waals surface area contributed by atoms with Crippen molar-refractivity contribution in [3.05, 3.63) is 16.8 Å². The van der Waals surface area contributed by atoms with Gasteiger partial charge in [0.05, 0.1) is 6.20 Å². The maximum atomic E-state index is 12.5. The first-order valence-electron chi connectivity index (χ1n) is 4.14. The van der Waals surface area contributed by atoms with Crippen molar-refractivity contribution in [1.82, 2.24) is 9.97 Å². The number of anilines is 1. The molecule has 0 atom stereocenters. The van der Waals surface area contributed by atoms with Crippen molar-refractivity contribution in [2.24, 2.45) is 0 Å². The van der Waals surface area contributed by atoms with Crippen molar-refractivity contribution in [3.63, 3.8) is 0 Å². The second kappa shape index (κ2) is 3.70. The standard InChI is InChI=1S/C8H6F3N3S2/c1-3-5(8(9,10)11)14-7(15-3)6-13-2-4(12)16-6/h2H,12H2,1H3. The van der Waals surface area contributed by atoms with Crippen LogP contribution in [0.2, 0.25) is 0 Å². The van der Waals surface area contributed by atoms with Gasteiger partial charge in [0.15, 0.2) is 15.7 Å². The van der Waals surface area contributed by atoms with E-state index in [1.165, 1.54) is 13.1 Å². The zero-order chi connectivity index (χ0) is 11.9. The minimum atomic E-state index is -4.42. The van der Waals surface area contributed by atoms with Crippen LogP contribution in [-0.4, -0.2) is 9.97 Å². The Balaban J connectivity index is 2.46. The fourth-order valence-corrected chi connectivity index (χ4v) is 2.78. The monoisotopic (exact) mass is 265 g/mol. The normalized spacial score (nSPS) is 12.0. The average Bonchev–Trinajstić information content (AvgIpc) is 2.70. The first-order valence-corrected chi connectivity index (χ1v) is 5.77. The summed E-state index contributed by atoms with van der Waals surface area (Å²) in [4.78, 5) is 7.58. The predicted octanol–water partition coefficient (Wildman–Crippen LogP) is 3.18. The van der Waals surface area contributed by atoms with Crippen molar-refractivity contribution in [2.75, 3.05) is 5.73 Å². The van der Waals surface area contributed by atoms with Gasteiger partial charge in [0.25, 0.3) is 0 Å². The number of thiazole rings is 2. The first-order chi connectivity index (χ1) is 7.38. The SMILES string of the molecule is Cc1sc(-c2ncc(N)s2)nc1C(F)(F)F. The summed E-state index contributed by atoms with van der Waals surface area (Å²) >= 11 is 2.09. The van der Waals surface area contributed by atoms with Gasteiger partial charge in [0, 0.05) is 4.88 Å². The summed E-state index contributed by atoms with van der Waals surface area (Å²) < 4.78 is 37.5. The third-order valence-corrected chi connectivity index (χ3v) is 3.71. The highest BCUT2D eigenvalue weighted by molar-refractivity contribution is 7.23. The van der Waals surface area contributed by atoms with Crippen molar-refractivity contribution < 1.29 is 13.2 Å². The number of nitrogen functional groups attached to an aromatic ring is 1. The first kappa shape index (κ1) is 11.3. The fourth-order valence-electron chi connectivity index (χ4n) is 1.14. The number of nitrogens with zero attached hydrogens (tertiary/aromatic N) is 2. The Morgan fingerprint density at radius 3 is 2.38 bits per heavy atom. The predicted molar refractivity (Wildman–Crippen MR) is 57.4 cm³/mol. The molecule has 86 valence electrons. The largest absolute Gasteiger partial charge is 0.434 e. The van der Waals surface area contributed by atoms with Crippen LogP contribution in [0.25, 0.3) is 10.0 Å². The number of alkyl halides is 3. The molecule has 2 heterocycles. The lowest BCUT2D eigenvalue weighted by molar-refractivity contribution is -0.141. The number of aryl methyl sites for hydroxylation is 1. The Morgan fingerprint density at radius 1 is 1.25 bits per heavy atom. The van der Waals surface area contributed by atoms with Crippen LogP contribution in [0.4, 0.5) is 18.2 Å². The molecule has 0 aliphatic rings. The molecule has 0 unspecified atom stereocenters. The third-order valence-electron chi connectivity index (χ3n) is 1.77. The third kappa shape index (κ3) is 2.03. The Bertz CT molecular complexity index is 515. The van der Waals surface area contributed by atoms with Gasteiger partial charge < -0.3 is 5.73 Å². The second-order valence-electron chi connectivity index (χ2n) is 2.99. The molecule has 0 spiro atoms. The summed E-state index contributed by atoms with van der Waals surface area (Å²) in [6, 6.07) is 0. The molecule has 2 aromatic heterocycles. The molecule has 16 heavy (non-hydrogen) atoms. The zero-order valence-corrected chi connectivity index (χ0v) is 9.63. The molecule has 0 radical (unpaired) electrons. The van der Waals surface area contributed by atoms with E-state index in [0.29, 0.717) is 10.0 Å². The van der Waals surface area contributed by atoms with E-state index < -0.39 is 11.9 Å². The van der Waals surface area contributed by atoms with E-state index in [4.69, 9.17) is 5.73 Å². The van der Waals surface area contributed by atoms with Crippen LogP contribution in [0, 0.1) is 6.92 Å². The van der Waals surface area contributed by atoms with E-state index in [0.717, 1.165) is 22.7 Å². The maximum Gasteiger partial charge on any atom is 0.434 e. The van der Waals surface area contributed by atoms with Gasteiger partial charge in [-0.15, -0.1) is 11.3 Å². The molecule has 0 bridgehead atoms. The molecule has 0 aliphatic heterocycles. The van der Waals surface area contributed by atoms with Crippen molar-refractivity contribution in [1.29, 1.82) is 0 Å². The van der Waals surface area contributed by atoms with Crippen LogP contribution in [0.15, 0.2) is 6.20 Å². The Labute approximate surface area is 96.8 Å². The molecule has 8 heteroatoms. The van der Waals surface area contributed by atoms with Gasteiger partial charge >= 0.3 is 6.18 Å². The van der Waals surface area contributed by atoms with Gasteiger partial charge in [0.1, 0.15) is 5.00 Å². The highest BCUT2D eigenvalue weighted by atomic mass is 32.1. The van der Waals surface area contributed by atoms with Crippen molar-refractivity contribution in [3.8, 4) is 10.0 Å². The molecule has 0 aromatic carbocycles. The summed E-state index contributed by atoms with van der Waals surface area (Å²) in [6.07, 6.45) is -3.01. The number of rotatable bonds is 1. The van der Waals surface area contributed by atoms with Crippen LogP contribution in [-0.2, 0) is 6.18 Å². The van der Waals surface area contributed by atoms with Crippen LogP contribution in [0.1, 0.15) is 10.6 Å². The van der Waals surface area contributed by atoms with Gasteiger partial charge in [-0.1, -0.05) is 11.3 Å². The van der Waals surface area contributed by atoms with E-state index >= 15 is 0 Å². The quantitative estimate of drug-likeness (QED) is 0.861. The van der Waals surface area contributed by atoms with Crippen molar-refractivity contribution in [2.45, 2.75) is 13.1 Å². The number of nitrogens with two attached hydrogens (primary N) is 1. The second-order valence-corrected chi connectivity index (χ2v) is 5.25. The smallest absolute Gasteiger partial charge is 0.389 e. The lowest BCUT2D eigenvalue weighted by Crippen LogP contribution is -2.06. The Kier molecular flexibility index (Phi) is 2.62. The highest BCUT2D eigenvalue weighted by Gasteiger charge is 2.36. The highest BCUT2D eigenvalue weighted by Crippen LogP contribution is 2.38. The lowest BCUT2D eigenvalue weighted by Gasteiger charge is -2.01. The van der Waals surface area contributed by atoms with Gasteiger partial charge in [-0.2, -0.15) is 13.2 Å². The van der Waals surface area contributed by atoms with Gasteiger partial charge in [-0.3, -0.25) is 0 Å². The fraction of sp³-hybridized carbons (Fsp3) is 0.250. The average molecular weight is 265 g/mol. The zero-order valence-electron chi connectivity index (χ0n) is 8.00.